The molecule has 0 radical (unpaired) electrons. The van der Waals surface area contributed by atoms with Gasteiger partial charge < -0.3 is 9.47 Å². The molecule has 1 rings (SSSR count). The van der Waals surface area contributed by atoms with Crippen molar-refractivity contribution in [1.82, 2.24) is 0 Å². The largest absolute Gasteiger partial charge is 0.466 e. The molecule has 0 N–H and O–H groups in total. The van der Waals surface area contributed by atoms with E-state index in [1.54, 1.807) is 13.8 Å². The van der Waals surface area contributed by atoms with Gasteiger partial charge in [0.15, 0.2) is 0 Å². The second-order valence-electron chi connectivity index (χ2n) is 4.12. The zero-order valence-corrected chi connectivity index (χ0v) is 9.17. The van der Waals surface area contributed by atoms with Crippen LogP contribution in [0.2, 0.25) is 0 Å². The minimum absolute atomic E-state index is 0.117. The number of carbonyl (C=O) groups is 2. The highest BCUT2D eigenvalue weighted by molar-refractivity contribution is 5.87. The van der Waals surface area contributed by atoms with E-state index in [0.717, 1.165) is 0 Å². The predicted molar refractivity (Wildman–Crippen MR) is 54.1 cm³/mol. The molecule has 1 saturated heterocycles. The second-order valence-corrected chi connectivity index (χ2v) is 4.12. The van der Waals surface area contributed by atoms with E-state index in [-0.39, 0.29) is 12.4 Å². The Hall–Kier alpha value is -1.32. The lowest BCUT2D eigenvalue weighted by molar-refractivity contribution is -0.158. The van der Waals surface area contributed by atoms with Gasteiger partial charge in [0, 0.05) is 5.57 Å². The summed E-state index contributed by atoms with van der Waals surface area (Å²) in [5.74, 6) is -0.767. The monoisotopic (exact) mass is 212 g/mol. The lowest BCUT2D eigenvalue weighted by Gasteiger charge is -2.26. The number of hydrogen-bond acceptors (Lipinski definition) is 4. The van der Waals surface area contributed by atoms with Gasteiger partial charge in [-0.2, -0.15) is 0 Å². The summed E-state index contributed by atoms with van der Waals surface area (Å²) in [5, 5.41) is 0. The van der Waals surface area contributed by atoms with E-state index in [4.69, 9.17) is 9.47 Å². The third-order valence-electron chi connectivity index (χ3n) is 2.32. The van der Waals surface area contributed by atoms with E-state index in [9.17, 15) is 9.59 Å². The average molecular weight is 212 g/mol. The van der Waals surface area contributed by atoms with Crippen LogP contribution in [0.4, 0.5) is 0 Å². The van der Waals surface area contributed by atoms with Gasteiger partial charge in [0.2, 0.25) is 0 Å². The predicted octanol–water partition coefficient (Wildman–Crippen LogP) is 1.59. The molecule has 1 fully saturated rings. The molecule has 15 heavy (non-hydrogen) atoms. The molecule has 1 heterocycles. The van der Waals surface area contributed by atoms with Crippen LogP contribution in [0, 0.1) is 0 Å². The highest BCUT2D eigenvalue weighted by atomic mass is 16.6. The summed E-state index contributed by atoms with van der Waals surface area (Å²) in [6, 6.07) is 0. The van der Waals surface area contributed by atoms with Crippen LogP contribution in [0.25, 0.3) is 0 Å². The average Bonchev–Trinajstić information content (AvgIpc) is 2.26. The van der Waals surface area contributed by atoms with Crippen molar-refractivity contribution in [2.24, 2.45) is 0 Å². The number of rotatable bonds is 2. The maximum absolute atomic E-state index is 11.4. The van der Waals surface area contributed by atoms with Gasteiger partial charge in [0.25, 0.3) is 0 Å². The van der Waals surface area contributed by atoms with Gasteiger partial charge >= 0.3 is 11.9 Å². The molecule has 0 aliphatic carbocycles. The van der Waals surface area contributed by atoms with Crippen LogP contribution in [-0.2, 0) is 19.1 Å². The molecular weight excluding hydrogens is 196 g/mol. The molecule has 0 amide bonds. The van der Waals surface area contributed by atoms with Crippen molar-refractivity contribution in [2.75, 3.05) is 6.61 Å². The first-order valence-electron chi connectivity index (χ1n) is 4.97. The maximum Gasteiger partial charge on any atom is 0.333 e. The number of esters is 2. The number of carbonyl (C=O) groups excluding carboxylic acids is 2. The van der Waals surface area contributed by atoms with Crippen LogP contribution in [-0.4, -0.2) is 24.1 Å². The van der Waals surface area contributed by atoms with Crippen molar-refractivity contribution in [3.05, 3.63) is 12.2 Å². The van der Waals surface area contributed by atoms with Crippen molar-refractivity contribution >= 4 is 11.9 Å². The van der Waals surface area contributed by atoms with Crippen molar-refractivity contribution in [3.8, 4) is 0 Å². The Balaban J connectivity index is 2.67. The fourth-order valence-corrected chi connectivity index (χ4v) is 1.47. The first-order valence-corrected chi connectivity index (χ1v) is 4.97. The lowest BCUT2D eigenvalue weighted by atomic mass is 9.97. The van der Waals surface area contributed by atoms with E-state index in [0.29, 0.717) is 25.0 Å². The van der Waals surface area contributed by atoms with Crippen LogP contribution in [0.5, 0.6) is 0 Å². The molecule has 1 aliphatic rings. The first-order chi connectivity index (χ1) is 6.93. The van der Waals surface area contributed by atoms with Gasteiger partial charge in [-0.15, -0.1) is 0 Å². The van der Waals surface area contributed by atoms with Gasteiger partial charge in [0.05, 0.1) is 13.0 Å². The summed E-state index contributed by atoms with van der Waals surface area (Å²) in [7, 11) is 0. The van der Waals surface area contributed by atoms with E-state index in [1.807, 2.05) is 0 Å². The summed E-state index contributed by atoms with van der Waals surface area (Å²) in [6.45, 7) is 7.24. The molecule has 1 aliphatic heterocycles. The van der Waals surface area contributed by atoms with Crippen molar-refractivity contribution in [3.63, 3.8) is 0 Å². The fourth-order valence-electron chi connectivity index (χ4n) is 1.47. The molecule has 0 spiro atoms. The van der Waals surface area contributed by atoms with E-state index in [1.165, 1.54) is 0 Å². The summed E-state index contributed by atoms with van der Waals surface area (Å²) in [4.78, 5) is 22.6. The molecule has 1 atom stereocenters. The molecule has 0 aromatic rings. The van der Waals surface area contributed by atoms with Gasteiger partial charge in [-0.25, -0.2) is 4.79 Å². The number of cyclic esters (lactones) is 1. The van der Waals surface area contributed by atoms with Crippen molar-refractivity contribution in [2.45, 2.75) is 38.7 Å². The minimum Gasteiger partial charge on any atom is -0.466 e. The summed E-state index contributed by atoms with van der Waals surface area (Å²) in [6.07, 6.45) is 1.47. The summed E-state index contributed by atoms with van der Waals surface area (Å²) < 4.78 is 10.1. The zero-order valence-electron chi connectivity index (χ0n) is 9.17. The standard InChI is InChI=1S/C11H16O4/c1-8(2)10(13)15-11(3)5-4-6-14-9(12)7-11/h1,4-7H2,2-3H3. The van der Waals surface area contributed by atoms with Crippen LogP contribution in [0.15, 0.2) is 12.2 Å². The van der Waals surface area contributed by atoms with Gasteiger partial charge in [0.1, 0.15) is 5.60 Å². The SMILES string of the molecule is C=C(C)C(=O)OC1(C)CCCOC(=O)C1. The molecule has 4 nitrogen and oxygen atoms in total. The van der Waals surface area contributed by atoms with Crippen molar-refractivity contribution in [1.29, 1.82) is 0 Å². The maximum atomic E-state index is 11.4. The van der Waals surface area contributed by atoms with Crippen LogP contribution < -0.4 is 0 Å². The molecule has 84 valence electrons. The Kier molecular flexibility index (Phi) is 3.50. The Labute approximate surface area is 89.2 Å². The minimum atomic E-state index is -0.746. The Morgan fingerprint density at radius 2 is 2.27 bits per heavy atom. The molecular formula is C11H16O4. The molecule has 4 heteroatoms. The molecule has 0 aromatic heterocycles. The molecule has 1 unspecified atom stereocenters. The molecule has 0 aromatic carbocycles. The summed E-state index contributed by atoms with van der Waals surface area (Å²) in [5.41, 5.74) is -0.405. The van der Waals surface area contributed by atoms with Gasteiger partial charge in [-0.05, 0) is 26.7 Å². The smallest absolute Gasteiger partial charge is 0.333 e. The quantitative estimate of drug-likeness (QED) is 0.515. The van der Waals surface area contributed by atoms with Crippen LogP contribution in [0.1, 0.15) is 33.1 Å². The Morgan fingerprint density at radius 1 is 1.60 bits per heavy atom. The van der Waals surface area contributed by atoms with Crippen molar-refractivity contribution < 1.29 is 19.1 Å². The third-order valence-corrected chi connectivity index (χ3v) is 2.32. The lowest BCUT2D eigenvalue weighted by Crippen LogP contribution is -2.33. The first kappa shape index (κ1) is 11.8. The van der Waals surface area contributed by atoms with E-state index in [2.05, 4.69) is 6.58 Å². The topological polar surface area (TPSA) is 52.6 Å². The van der Waals surface area contributed by atoms with E-state index < -0.39 is 11.6 Å². The zero-order chi connectivity index (χ0) is 11.5. The second kappa shape index (κ2) is 4.47. The highest BCUT2D eigenvalue weighted by Crippen LogP contribution is 2.26. The van der Waals surface area contributed by atoms with Gasteiger partial charge in [-0.3, -0.25) is 4.79 Å². The molecule has 0 bridgehead atoms. The number of ether oxygens (including phenoxy) is 2. The highest BCUT2D eigenvalue weighted by Gasteiger charge is 2.34. The normalized spacial score (nSPS) is 26.4. The number of hydrogen-bond donors (Lipinski definition) is 0. The third kappa shape index (κ3) is 3.38. The van der Waals surface area contributed by atoms with Gasteiger partial charge in [-0.1, -0.05) is 6.58 Å². The Bertz CT molecular complexity index is 295. The van der Waals surface area contributed by atoms with Crippen LogP contribution in [0.3, 0.4) is 0 Å². The van der Waals surface area contributed by atoms with Crippen LogP contribution >= 0.6 is 0 Å². The Morgan fingerprint density at radius 3 is 2.87 bits per heavy atom. The van der Waals surface area contributed by atoms with E-state index >= 15 is 0 Å². The fraction of sp³-hybridized carbons (Fsp3) is 0.636. The summed E-state index contributed by atoms with van der Waals surface area (Å²) >= 11 is 0. The molecule has 0 saturated carbocycles.